The van der Waals surface area contributed by atoms with E-state index < -0.39 is 10.0 Å². The second-order valence-electron chi connectivity index (χ2n) is 5.72. The first kappa shape index (κ1) is 22.3. The molecule has 0 radical (unpaired) electrons. The molecule has 2 N–H and O–H groups in total. The molecule has 0 aliphatic carbocycles. The van der Waals surface area contributed by atoms with Crippen molar-refractivity contribution < 1.29 is 13.2 Å². The van der Waals surface area contributed by atoms with Crippen LogP contribution in [0.1, 0.15) is 25.8 Å². The van der Waals surface area contributed by atoms with Gasteiger partial charge >= 0.3 is 0 Å². The smallest absolute Gasteiger partial charge is 0.240 e. The number of halogens is 1. The van der Waals surface area contributed by atoms with E-state index in [0.29, 0.717) is 37.1 Å². The molecule has 134 valence electrons. The van der Waals surface area contributed by atoms with E-state index in [2.05, 4.69) is 23.9 Å². The Morgan fingerprint density at radius 2 is 1.74 bits per heavy atom. The van der Waals surface area contributed by atoms with E-state index in [1.165, 1.54) is 5.56 Å². The number of nitrogens with one attached hydrogen (secondary N) is 2. The monoisotopic (exact) mass is 364 g/mol. The van der Waals surface area contributed by atoms with Gasteiger partial charge in [-0.25, -0.2) is 13.1 Å². The number of hydrogen-bond donors (Lipinski definition) is 2. The Balaban J connectivity index is 0.00000484. The van der Waals surface area contributed by atoms with Crippen molar-refractivity contribution in [3.8, 4) is 0 Å². The standard InChI is InChI=1S/C16H28N2O3S.ClH/c1-14(2)4-5-15-6-8-16(9-7-15)22(19,20)18-11-10-17-12-13-21-3;/h6-9,14,17-18H,4-5,10-13H2,1-3H3;1H. The maximum absolute atomic E-state index is 12.1. The molecule has 0 amide bonds. The van der Waals surface area contributed by atoms with Crippen LogP contribution in [0.3, 0.4) is 0 Å². The van der Waals surface area contributed by atoms with Crippen molar-refractivity contribution in [2.45, 2.75) is 31.6 Å². The van der Waals surface area contributed by atoms with Crippen LogP contribution in [0.2, 0.25) is 0 Å². The summed E-state index contributed by atoms with van der Waals surface area (Å²) in [6.07, 6.45) is 2.09. The van der Waals surface area contributed by atoms with Gasteiger partial charge < -0.3 is 10.1 Å². The summed E-state index contributed by atoms with van der Waals surface area (Å²) in [6, 6.07) is 7.15. The molecule has 1 aromatic rings. The summed E-state index contributed by atoms with van der Waals surface area (Å²) >= 11 is 0. The van der Waals surface area contributed by atoms with Crippen LogP contribution in [0.15, 0.2) is 29.2 Å². The lowest BCUT2D eigenvalue weighted by molar-refractivity contribution is 0.199. The number of methoxy groups -OCH3 is 1. The molecule has 0 saturated heterocycles. The van der Waals surface area contributed by atoms with E-state index in [-0.39, 0.29) is 12.4 Å². The lowest BCUT2D eigenvalue weighted by atomic mass is 10.0. The first-order valence-corrected chi connectivity index (χ1v) is 9.22. The van der Waals surface area contributed by atoms with Gasteiger partial charge in [-0.05, 0) is 36.5 Å². The Bertz CT molecular complexity index is 519. The number of aryl methyl sites for hydroxylation is 1. The SMILES string of the molecule is COCCNCCNS(=O)(=O)c1ccc(CCC(C)C)cc1.Cl. The number of benzene rings is 1. The molecule has 1 aromatic carbocycles. The quantitative estimate of drug-likeness (QED) is 0.591. The lowest BCUT2D eigenvalue weighted by Gasteiger charge is -2.09. The van der Waals surface area contributed by atoms with Crippen LogP contribution in [0.5, 0.6) is 0 Å². The Hall–Kier alpha value is -0.660. The fourth-order valence-electron chi connectivity index (χ4n) is 1.95. The van der Waals surface area contributed by atoms with E-state index in [0.717, 1.165) is 12.8 Å². The fourth-order valence-corrected chi connectivity index (χ4v) is 2.98. The van der Waals surface area contributed by atoms with Crippen molar-refractivity contribution in [3.05, 3.63) is 29.8 Å². The van der Waals surface area contributed by atoms with Crippen LogP contribution in [-0.4, -0.2) is 41.8 Å². The van der Waals surface area contributed by atoms with Gasteiger partial charge in [-0.1, -0.05) is 26.0 Å². The largest absolute Gasteiger partial charge is 0.383 e. The molecule has 0 atom stereocenters. The number of rotatable bonds is 11. The zero-order valence-electron chi connectivity index (χ0n) is 14.2. The van der Waals surface area contributed by atoms with Gasteiger partial charge in [-0.2, -0.15) is 0 Å². The highest BCUT2D eigenvalue weighted by atomic mass is 35.5. The Labute approximate surface area is 146 Å². The molecular weight excluding hydrogens is 336 g/mol. The molecule has 1 rings (SSSR count). The summed E-state index contributed by atoms with van der Waals surface area (Å²) in [5, 5.41) is 3.09. The average molecular weight is 365 g/mol. The maximum atomic E-state index is 12.1. The lowest BCUT2D eigenvalue weighted by Crippen LogP contribution is -2.33. The summed E-state index contributed by atoms with van der Waals surface area (Å²) in [5.74, 6) is 0.649. The highest BCUT2D eigenvalue weighted by Crippen LogP contribution is 2.13. The third kappa shape index (κ3) is 9.27. The predicted molar refractivity (Wildman–Crippen MR) is 96.8 cm³/mol. The molecule has 23 heavy (non-hydrogen) atoms. The summed E-state index contributed by atoms with van der Waals surface area (Å²) in [5.41, 5.74) is 1.17. The Morgan fingerprint density at radius 1 is 1.09 bits per heavy atom. The highest BCUT2D eigenvalue weighted by Gasteiger charge is 2.12. The third-order valence-electron chi connectivity index (χ3n) is 3.32. The molecule has 7 heteroatoms. The van der Waals surface area contributed by atoms with Crippen LogP contribution in [0.4, 0.5) is 0 Å². The minimum absolute atomic E-state index is 0. The van der Waals surface area contributed by atoms with Gasteiger partial charge in [0.25, 0.3) is 0 Å². The van der Waals surface area contributed by atoms with Crippen molar-refractivity contribution >= 4 is 22.4 Å². The van der Waals surface area contributed by atoms with Gasteiger partial charge in [0, 0.05) is 26.7 Å². The second kappa shape index (κ2) is 11.8. The van der Waals surface area contributed by atoms with E-state index in [4.69, 9.17) is 4.74 Å². The minimum atomic E-state index is -3.42. The molecule has 0 aliphatic heterocycles. The molecule has 0 aromatic heterocycles. The molecule has 0 saturated carbocycles. The molecule has 0 heterocycles. The van der Waals surface area contributed by atoms with Crippen LogP contribution in [0.25, 0.3) is 0 Å². The van der Waals surface area contributed by atoms with Crippen molar-refractivity contribution in [2.24, 2.45) is 5.92 Å². The van der Waals surface area contributed by atoms with E-state index >= 15 is 0 Å². The highest BCUT2D eigenvalue weighted by molar-refractivity contribution is 7.89. The number of hydrogen-bond acceptors (Lipinski definition) is 4. The van der Waals surface area contributed by atoms with Crippen LogP contribution in [-0.2, 0) is 21.2 Å². The van der Waals surface area contributed by atoms with Gasteiger partial charge in [0.1, 0.15) is 0 Å². The van der Waals surface area contributed by atoms with Crippen LogP contribution < -0.4 is 10.0 Å². The summed E-state index contributed by atoms with van der Waals surface area (Å²) < 4.78 is 31.8. The molecule has 0 bridgehead atoms. The number of sulfonamides is 1. The molecule has 0 spiro atoms. The van der Waals surface area contributed by atoms with Crippen molar-refractivity contribution in [1.29, 1.82) is 0 Å². The summed E-state index contributed by atoms with van der Waals surface area (Å²) in [6.45, 7) is 6.64. The Kier molecular flexibility index (Phi) is 11.5. The first-order chi connectivity index (χ1) is 10.5. The third-order valence-corrected chi connectivity index (χ3v) is 4.80. The summed E-state index contributed by atoms with van der Waals surface area (Å²) in [4.78, 5) is 0.317. The molecule has 0 unspecified atom stereocenters. The first-order valence-electron chi connectivity index (χ1n) is 7.74. The van der Waals surface area contributed by atoms with E-state index in [1.807, 2.05) is 12.1 Å². The number of ether oxygens (including phenoxy) is 1. The van der Waals surface area contributed by atoms with Crippen molar-refractivity contribution in [2.75, 3.05) is 33.4 Å². The van der Waals surface area contributed by atoms with Crippen molar-refractivity contribution in [1.82, 2.24) is 10.0 Å². The van der Waals surface area contributed by atoms with Crippen LogP contribution in [0, 0.1) is 5.92 Å². The normalized spacial score (nSPS) is 11.5. The van der Waals surface area contributed by atoms with Gasteiger partial charge in [0.05, 0.1) is 11.5 Å². The molecule has 5 nitrogen and oxygen atoms in total. The predicted octanol–water partition coefficient (Wildman–Crippen LogP) is 2.21. The fraction of sp³-hybridized carbons (Fsp3) is 0.625. The van der Waals surface area contributed by atoms with E-state index in [1.54, 1.807) is 19.2 Å². The van der Waals surface area contributed by atoms with Gasteiger partial charge in [-0.3, -0.25) is 0 Å². The van der Waals surface area contributed by atoms with Crippen molar-refractivity contribution in [3.63, 3.8) is 0 Å². The summed E-state index contributed by atoms with van der Waals surface area (Å²) in [7, 11) is -1.79. The maximum Gasteiger partial charge on any atom is 0.240 e. The second-order valence-corrected chi connectivity index (χ2v) is 7.48. The topological polar surface area (TPSA) is 67.4 Å². The molecular formula is C16H29ClN2O3S. The minimum Gasteiger partial charge on any atom is -0.383 e. The van der Waals surface area contributed by atoms with E-state index in [9.17, 15) is 8.42 Å². The average Bonchev–Trinajstić information content (AvgIpc) is 2.49. The Morgan fingerprint density at radius 3 is 2.30 bits per heavy atom. The molecule has 0 aliphatic rings. The van der Waals surface area contributed by atoms with Gasteiger partial charge in [0.15, 0.2) is 0 Å². The zero-order valence-corrected chi connectivity index (χ0v) is 15.8. The van der Waals surface area contributed by atoms with Crippen LogP contribution >= 0.6 is 12.4 Å². The molecule has 0 fully saturated rings. The van der Waals surface area contributed by atoms with Gasteiger partial charge in [-0.15, -0.1) is 12.4 Å². The van der Waals surface area contributed by atoms with Gasteiger partial charge in [0.2, 0.25) is 10.0 Å². The zero-order chi connectivity index (χ0) is 16.4.